The standard InChI is InChI=1S/C33H40N2O6S/c1-11-41-30(38)26-18(2)34-31-35(27(26)21-17-20(39-9)12-13-24(21)40-10)29(37)25(42-31)16-19-14-22(32(3,4)5)28(36)23(15-19)33(6,7)8/h12-17,27,36H,11H2,1-10H3/b25-16+/t27-/m1/s1. The Morgan fingerprint density at radius 3 is 2.19 bits per heavy atom. The average Bonchev–Trinajstić information content (AvgIpc) is 3.21. The first kappa shape index (κ1) is 31.1. The molecule has 0 bridgehead atoms. The predicted octanol–water partition coefficient (Wildman–Crippen LogP) is 5.12. The molecule has 0 fully saturated rings. The summed E-state index contributed by atoms with van der Waals surface area (Å²) in [6, 6.07) is 8.30. The van der Waals surface area contributed by atoms with Gasteiger partial charge in [0, 0.05) is 16.7 Å². The molecule has 0 aliphatic carbocycles. The predicted molar refractivity (Wildman–Crippen MR) is 165 cm³/mol. The quantitative estimate of drug-likeness (QED) is 0.399. The van der Waals surface area contributed by atoms with Gasteiger partial charge in [-0.2, -0.15) is 0 Å². The van der Waals surface area contributed by atoms with Crippen molar-refractivity contribution in [2.24, 2.45) is 4.99 Å². The second-order valence-electron chi connectivity index (χ2n) is 12.4. The molecule has 0 unspecified atom stereocenters. The van der Waals surface area contributed by atoms with Crippen LogP contribution in [0.4, 0.5) is 0 Å². The molecule has 0 radical (unpaired) electrons. The number of methoxy groups -OCH3 is 2. The fourth-order valence-corrected chi connectivity index (χ4v) is 6.22. The number of benzene rings is 2. The third-order valence-electron chi connectivity index (χ3n) is 7.29. The number of rotatable bonds is 6. The minimum atomic E-state index is -0.845. The molecule has 9 heteroatoms. The third-order valence-corrected chi connectivity index (χ3v) is 8.28. The Bertz CT molecular complexity index is 1710. The number of aromatic hydroxyl groups is 1. The summed E-state index contributed by atoms with van der Waals surface area (Å²) in [5.41, 5.74) is 2.75. The van der Waals surface area contributed by atoms with E-state index < -0.39 is 12.0 Å². The second kappa shape index (κ2) is 11.4. The van der Waals surface area contributed by atoms with E-state index in [9.17, 15) is 14.7 Å². The second-order valence-corrected chi connectivity index (χ2v) is 13.4. The van der Waals surface area contributed by atoms with Crippen molar-refractivity contribution in [1.82, 2.24) is 4.57 Å². The van der Waals surface area contributed by atoms with Gasteiger partial charge in [0.2, 0.25) is 0 Å². The first-order valence-electron chi connectivity index (χ1n) is 13.9. The Kier molecular flexibility index (Phi) is 8.47. The smallest absolute Gasteiger partial charge is 0.338 e. The maximum Gasteiger partial charge on any atom is 0.338 e. The molecule has 42 heavy (non-hydrogen) atoms. The molecule has 3 aromatic rings. The first-order chi connectivity index (χ1) is 19.6. The Morgan fingerprint density at radius 2 is 1.67 bits per heavy atom. The minimum Gasteiger partial charge on any atom is -0.507 e. The third kappa shape index (κ3) is 5.75. The van der Waals surface area contributed by atoms with E-state index in [0.717, 1.165) is 16.7 Å². The van der Waals surface area contributed by atoms with Gasteiger partial charge in [-0.3, -0.25) is 9.36 Å². The number of carbonyl (C=O) groups excluding carboxylic acids is 1. The van der Waals surface area contributed by atoms with Crippen molar-refractivity contribution >= 4 is 23.4 Å². The molecule has 224 valence electrons. The topological polar surface area (TPSA) is 99.4 Å². The molecule has 1 aliphatic rings. The maximum atomic E-state index is 14.2. The summed E-state index contributed by atoms with van der Waals surface area (Å²) in [4.78, 5) is 32.6. The molecule has 0 spiro atoms. The highest BCUT2D eigenvalue weighted by Crippen LogP contribution is 2.40. The van der Waals surface area contributed by atoms with Crippen molar-refractivity contribution in [3.63, 3.8) is 0 Å². The van der Waals surface area contributed by atoms with E-state index in [0.29, 0.717) is 32.1 Å². The summed E-state index contributed by atoms with van der Waals surface area (Å²) in [7, 11) is 3.10. The minimum absolute atomic E-state index is 0.176. The van der Waals surface area contributed by atoms with Crippen LogP contribution in [0.3, 0.4) is 0 Å². The number of hydrogen-bond acceptors (Lipinski definition) is 8. The molecule has 1 aliphatic heterocycles. The Labute approximate surface area is 250 Å². The highest BCUT2D eigenvalue weighted by Gasteiger charge is 2.35. The van der Waals surface area contributed by atoms with Crippen molar-refractivity contribution in [2.45, 2.75) is 72.3 Å². The Balaban J connectivity index is 2.05. The Morgan fingerprint density at radius 1 is 1.05 bits per heavy atom. The molecule has 1 aromatic heterocycles. The maximum absolute atomic E-state index is 14.2. The summed E-state index contributed by atoms with van der Waals surface area (Å²) in [6.45, 7) is 15.9. The average molecular weight is 593 g/mol. The van der Waals surface area contributed by atoms with Gasteiger partial charge in [-0.25, -0.2) is 9.79 Å². The highest BCUT2D eigenvalue weighted by molar-refractivity contribution is 7.07. The monoisotopic (exact) mass is 592 g/mol. The van der Waals surface area contributed by atoms with E-state index in [4.69, 9.17) is 14.2 Å². The lowest BCUT2D eigenvalue weighted by molar-refractivity contribution is -0.139. The van der Waals surface area contributed by atoms with E-state index >= 15 is 0 Å². The van der Waals surface area contributed by atoms with Crippen LogP contribution >= 0.6 is 11.3 Å². The van der Waals surface area contributed by atoms with Crippen LogP contribution in [0, 0.1) is 0 Å². The van der Waals surface area contributed by atoms with Crippen molar-refractivity contribution in [3.8, 4) is 17.2 Å². The van der Waals surface area contributed by atoms with Crippen LogP contribution in [0.5, 0.6) is 17.2 Å². The van der Waals surface area contributed by atoms with Crippen molar-refractivity contribution in [1.29, 1.82) is 0 Å². The molecular weight excluding hydrogens is 552 g/mol. The molecule has 2 aromatic carbocycles. The fourth-order valence-electron chi connectivity index (χ4n) is 5.17. The van der Waals surface area contributed by atoms with Crippen molar-refractivity contribution in [2.75, 3.05) is 20.8 Å². The number of carbonyl (C=O) groups is 1. The molecule has 0 saturated heterocycles. The summed E-state index contributed by atoms with van der Waals surface area (Å²) in [5, 5.41) is 11.2. The van der Waals surface area contributed by atoms with Gasteiger partial charge in [0.05, 0.1) is 36.6 Å². The number of ether oxygens (including phenoxy) is 3. The van der Waals surface area contributed by atoms with Gasteiger partial charge in [0.15, 0.2) is 4.80 Å². The summed E-state index contributed by atoms with van der Waals surface area (Å²) in [5.74, 6) is 0.772. The van der Waals surface area contributed by atoms with Crippen LogP contribution in [0.1, 0.15) is 83.7 Å². The number of nitrogens with zero attached hydrogens (tertiary/aromatic N) is 2. The van der Waals surface area contributed by atoms with Crippen LogP contribution in [-0.2, 0) is 20.4 Å². The molecule has 8 nitrogen and oxygen atoms in total. The van der Waals surface area contributed by atoms with E-state index in [1.165, 1.54) is 15.9 Å². The van der Waals surface area contributed by atoms with Gasteiger partial charge in [0.1, 0.15) is 23.3 Å². The summed E-state index contributed by atoms with van der Waals surface area (Å²) in [6.07, 6.45) is 1.83. The molecule has 0 saturated carbocycles. The van der Waals surface area contributed by atoms with Crippen LogP contribution in [0.25, 0.3) is 6.08 Å². The highest BCUT2D eigenvalue weighted by atomic mass is 32.1. The number of esters is 1. The zero-order valence-corrected chi connectivity index (χ0v) is 26.9. The van der Waals surface area contributed by atoms with E-state index in [1.54, 1.807) is 46.3 Å². The summed E-state index contributed by atoms with van der Waals surface area (Å²) < 4.78 is 18.6. The molecule has 1 N–H and O–H groups in total. The summed E-state index contributed by atoms with van der Waals surface area (Å²) >= 11 is 1.25. The number of phenolic OH excluding ortho intramolecular Hbond substituents is 1. The van der Waals surface area contributed by atoms with Crippen molar-refractivity contribution in [3.05, 3.63) is 83.5 Å². The molecular formula is C33H40N2O6S. The largest absolute Gasteiger partial charge is 0.507 e. The number of aromatic nitrogens is 1. The lowest BCUT2D eigenvalue weighted by atomic mass is 9.78. The lowest BCUT2D eigenvalue weighted by Crippen LogP contribution is -2.40. The normalized spacial score (nSPS) is 15.8. The number of fused-ring (bicyclic) bond motifs is 1. The van der Waals surface area contributed by atoms with Gasteiger partial charge >= 0.3 is 5.97 Å². The molecule has 1 atom stereocenters. The van der Waals surface area contributed by atoms with Crippen LogP contribution in [-0.4, -0.2) is 36.5 Å². The number of hydrogen-bond donors (Lipinski definition) is 1. The van der Waals surface area contributed by atoms with Crippen molar-refractivity contribution < 1.29 is 24.1 Å². The number of thiazole rings is 1. The van der Waals surface area contributed by atoms with Crippen LogP contribution < -0.4 is 24.4 Å². The molecule has 4 rings (SSSR count). The van der Waals surface area contributed by atoms with Crippen LogP contribution in [0.15, 0.2) is 51.4 Å². The van der Waals surface area contributed by atoms with Gasteiger partial charge in [-0.1, -0.05) is 52.9 Å². The lowest BCUT2D eigenvalue weighted by Gasteiger charge is -2.27. The van der Waals surface area contributed by atoms with E-state index in [2.05, 4.69) is 4.99 Å². The first-order valence-corrected chi connectivity index (χ1v) is 14.7. The van der Waals surface area contributed by atoms with Gasteiger partial charge < -0.3 is 19.3 Å². The Hall–Kier alpha value is -3.85. The molecule has 2 heterocycles. The number of allylic oxidation sites excluding steroid dienone is 1. The van der Waals surface area contributed by atoms with Gasteiger partial charge in [-0.05, 0) is 66.6 Å². The van der Waals surface area contributed by atoms with Crippen LogP contribution in [0.2, 0.25) is 0 Å². The van der Waals surface area contributed by atoms with Gasteiger partial charge in [-0.15, -0.1) is 0 Å². The van der Waals surface area contributed by atoms with Gasteiger partial charge in [0.25, 0.3) is 5.56 Å². The zero-order chi connectivity index (χ0) is 31.1. The SMILES string of the molecule is CCOC(=O)C1=C(C)N=c2s/c(=C/c3cc(C(C)(C)C)c(O)c(C(C)(C)C)c3)c(=O)n2[C@@H]1c1cc(OC)ccc1OC. The van der Waals surface area contributed by atoms with E-state index in [-0.39, 0.29) is 34.3 Å². The molecule has 0 amide bonds. The number of phenols is 1. The zero-order valence-electron chi connectivity index (χ0n) is 26.0. The van der Waals surface area contributed by atoms with E-state index in [1.807, 2.05) is 59.8 Å². The fraction of sp³-hybridized carbons (Fsp3) is 0.424.